The van der Waals surface area contributed by atoms with Gasteiger partial charge in [0.25, 0.3) is 11.6 Å². The monoisotopic (exact) mass is 466 g/mol. The first-order valence-electron chi connectivity index (χ1n) is 11.1. The van der Waals surface area contributed by atoms with Gasteiger partial charge in [0, 0.05) is 41.3 Å². The number of carbonyl (C=O) groups excluding carboxylic acids is 2. The molecule has 0 atom stereocenters. The highest BCUT2D eigenvalue weighted by molar-refractivity contribution is 6.14. The maximum Gasteiger partial charge on any atom is 0.329 e. The second-order valence-corrected chi connectivity index (χ2v) is 8.53. The van der Waals surface area contributed by atoms with Crippen molar-refractivity contribution < 1.29 is 14.5 Å². The largest absolute Gasteiger partial charge is 0.342 e. The highest BCUT2D eigenvalue weighted by Gasteiger charge is 2.33. The number of carbonyl (C=O) groups is 2. The number of non-ortho nitro benzene ring substituents is 1. The van der Waals surface area contributed by atoms with Crippen LogP contribution in [0, 0.1) is 17.0 Å². The summed E-state index contributed by atoms with van der Waals surface area (Å²) in [5, 5.41) is 14.8. The quantitative estimate of drug-likeness (QED) is 0.187. The zero-order valence-corrected chi connectivity index (χ0v) is 19.0. The minimum atomic E-state index is -0.455. The Bertz CT molecular complexity index is 1520. The molecule has 0 aliphatic carbocycles. The fraction of sp³-hybridized carbons (Fsp3) is 0.111. The maximum atomic E-state index is 13.0. The van der Waals surface area contributed by atoms with Crippen LogP contribution >= 0.6 is 0 Å². The molecule has 1 aliphatic rings. The number of para-hydroxylation sites is 1. The average Bonchev–Trinajstić information content (AvgIpc) is 3.31. The number of nitrogens with one attached hydrogen (secondary N) is 1. The topological polar surface area (TPSA) is 97.5 Å². The third-order valence-corrected chi connectivity index (χ3v) is 5.98. The van der Waals surface area contributed by atoms with Gasteiger partial charge in [0.1, 0.15) is 5.70 Å². The van der Waals surface area contributed by atoms with Crippen molar-refractivity contribution in [1.29, 1.82) is 0 Å². The Balaban J connectivity index is 1.46. The second kappa shape index (κ2) is 8.90. The van der Waals surface area contributed by atoms with Crippen LogP contribution in [0.1, 0.15) is 22.3 Å². The number of aryl methyl sites for hydroxylation is 1. The van der Waals surface area contributed by atoms with Crippen LogP contribution in [-0.4, -0.2) is 26.3 Å². The first-order chi connectivity index (χ1) is 16.9. The number of hydrogen-bond donors (Lipinski definition) is 1. The molecule has 1 fully saturated rings. The minimum absolute atomic E-state index is 0.0364. The van der Waals surface area contributed by atoms with E-state index >= 15 is 0 Å². The van der Waals surface area contributed by atoms with Gasteiger partial charge in [-0.2, -0.15) is 0 Å². The van der Waals surface area contributed by atoms with E-state index in [1.165, 1.54) is 11.0 Å². The molecule has 2 heterocycles. The number of nitro groups is 1. The van der Waals surface area contributed by atoms with E-state index in [0.717, 1.165) is 33.2 Å². The summed E-state index contributed by atoms with van der Waals surface area (Å²) in [5.74, 6) is -0.382. The Hall–Kier alpha value is -4.72. The lowest BCUT2D eigenvalue weighted by Gasteiger charge is -2.12. The second-order valence-electron chi connectivity index (χ2n) is 8.53. The first kappa shape index (κ1) is 22.1. The first-order valence-corrected chi connectivity index (χ1v) is 11.1. The smallest absolute Gasteiger partial charge is 0.329 e. The van der Waals surface area contributed by atoms with Crippen LogP contribution in [0.15, 0.2) is 84.7 Å². The average molecular weight is 466 g/mol. The lowest BCUT2D eigenvalue weighted by Crippen LogP contribution is -2.30. The normalized spacial score (nSPS) is 14.7. The molecule has 4 aromatic rings. The van der Waals surface area contributed by atoms with Crippen LogP contribution < -0.4 is 5.32 Å². The summed E-state index contributed by atoms with van der Waals surface area (Å²) < 4.78 is 1.98. The van der Waals surface area contributed by atoms with E-state index in [0.29, 0.717) is 6.54 Å². The molecule has 0 bridgehead atoms. The van der Waals surface area contributed by atoms with E-state index in [1.807, 2.05) is 72.3 Å². The van der Waals surface area contributed by atoms with Gasteiger partial charge in [0.05, 0.1) is 11.5 Å². The lowest BCUT2D eigenvalue weighted by molar-refractivity contribution is -0.384. The number of imide groups is 1. The number of rotatable bonds is 6. The van der Waals surface area contributed by atoms with Gasteiger partial charge in [-0.25, -0.2) is 4.79 Å². The molecule has 35 heavy (non-hydrogen) atoms. The van der Waals surface area contributed by atoms with Crippen molar-refractivity contribution in [3.05, 3.63) is 117 Å². The Labute approximate surface area is 201 Å². The third-order valence-electron chi connectivity index (χ3n) is 5.98. The molecule has 1 saturated heterocycles. The van der Waals surface area contributed by atoms with Crippen LogP contribution in [-0.2, 0) is 17.9 Å². The van der Waals surface area contributed by atoms with E-state index in [9.17, 15) is 19.7 Å². The molecule has 0 unspecified atom stereocenters. The van der Waals surface area contributed by atoms with E-state index in [2.05, 4.69) is 5.32 Å². The van der Waals surface area contributed by atoms with E-state index < -0.39 is 11.0 Å². The van der Waals surface area contributed by atoms with Crippen molar-refractivity contribution in [3.63, 3.8) is 0 Å². The molecule has 1 aliphatic heterocycles. The fourth-order valence-corrected chi connectivity index (χ4v) is 4.35. The highest BCUT2D eigenvalue weighted by Crippen LogP contribution is 2.26. The van der Waals surface area contributed by atoms with Crippen molar-refractivity contribution in [3.8, 4) is 0 Å². The Morgan fingerprint density at radius 2 is 1.69 bits per heavy atom. The number of amides is 3. The zero-order chi connectivity index (χ0) is 24.5. The minimum Gasteiger partial charge on any atom is -0.342 e. The van der Waals surface area contributed by atoms with Gasteiger partial charge in [0.15, 0.2) is 0 Å². The summed E-state index contributed by atoms with van der Waals surface area (Å²) in [7, 11) is 0. The maximum absolute atomic E-state index is 13.0. The lowest BCUT2D eigenvalue weighted by atomic mass is 10.1. The molecule has 8 heteroatoms. The Kier molecular flexibility index (Phi) is 5.62. The standard InChI is InChI=1S/C27H22N4O4/c1-18-6-4-7-19(12-18)16-30-26(32)24(28-27(30)33)14-21-17-29(25-11-3-2-10-23(21)25)15-20-8-5-9-22(13-20)31(34)35/h2-14,17H,15-16H2,1H3,(H,28,33)/b24-14+. The molecule has 1 aromatic heterocycles. The van der Waals surface area contributed by atoms with Crippen molar-refractivity contribution >= 4 is 34.6 Å². The number of aromatic nitrogens is 1. The zero-order valence-electron chi connectivity index (χ0n) is 19.0. The van der Waals surface area contributed by atoms with E-state index in [1.54, 1.807) is 18.2 Å². The number of benzene rings is 3. The van der Waals surface area contributed by atoms with Gasteiger partial charge in [-0.15, -0.1) is 0 Å². The summed E-state index contributed by atoms with van der Waals surface area (Å²) in [5.41, 5.74) is 4.65. The van der Waals surface area contributed by atoms with Crippen LogP contribution in [0.5, 0.6) is 0 Å². The predicted octanol–water partition coefficient (Wildman–Crippen LogP) is 5.00. The van der Waals surface area contributed by atoms with Crippen molar-refractivity contribution in [2.75, 3.05) is 0 Å². The summed E-state index contributed by atoms with van der Waals surface area (Å²) in [4.78, 5) is 37.5. The van der Waals surface area contributed by atoms with Crippen molar-refractivity contribution in [1.82, 2.24) is 14.8 Å². The number of fused-ring (bicyclic) bond motifs is 1. The molecule has 3 amide bonds. The van der Waals surface area contributed by atoms with Gasteiger partial charge in [0.2, 0.25) is 0 Å². The number of nitrogens with zero attached hydrogens (tertiary/aromatic N) is 3. The van der Waals surface area contributed by atoms with Gasteiger partial charge >= 0.3 is 6.03 Å². The molecule has 1 N–H and O–H groups in total. The number of urea groups is 1. The number of nitro benzene ring substituents is 1. The predicted molar refractivity (Wildman–Crippen MR) is 132 cm³/mol. The van der Waals surface area contributed by atoms with Crippen LogP contribution in [0.25, 0.3) is 17.0 Å². The molecule has 174 valence electrons. The van der Waals surface area contributed by atoms with Gasteiger partial charge < -0.3 is 9.88 Å². The third kappa shape index (κ3) is 4.41. The molecule has 0 saturated carbocycles. The van der Waals surface area contributed by atoms with Crippen molar-refractivity contribution in [2.24, 2.45) is 0 Å². The number of hydrogen-bond acceptors (Lipinski definition) is 4. The van der Waals surface area contributed by atoms with Crippen LogP contribution in [0.2, 0.25) is 0 Å². The van der Waals surface area contributed by atoms with Crippen LogP contribution in [0.3, 0.4) is 0 Å². The Morgan fingerprint density at radius 1 is 0.943 bits per heavy atom. The SMILES string of the molecule is Cc1cccc(CN2C(=O)N/C(=C/c3cn(Cc4cccc([N+](=O)[O-])c4)c4ccccc34)C2=O)c1. The van der Waals surface area contributed by atoms with Gasteiger partial charge in [-0.1, -0.05) is 60.2 Å². The van der Waals surface area contributed by atoms with Gasteiger partial charge in [-0.05, 0) is 30.2 Å². The molecular weight excluding hydrogens is 444 g/mol. The summed E-state index contributed by atoms with van der Waals surface area (Å²) in [6.45, 7) is 2.58. The van der Waals surface area contributed by atoms with Crippen LogP contribution in [0.4, 0.5) is 10.5 Å². The van der Waals surface area contributed by atoms with E-state index in [-0.39, 0.29) is 23.8 Å². The Morgan fingerprint density at radius 3 is 2.46 bits per heavy atom. The summed E-state index contributed by atoms with van der Waals surface area (Å²) in [6.07, 6.45) is 3.57. The molecule has 0 spiro atoms. The molecular formula is C27H22N4O4. The molecule has 3 aromatic carbocycles. The summed E-state index contributed by atoms with van der Waals surface area (Å²) in [6, 6.07) is 21.5. The summed E-state index contributed by atoms with van der Waals surface area (Å²) >= 11 is 0. The van der Waals surface area contributed by atoms with Gasteiger partial charge in [-0.3, -0.25) is 19.8 Å². The molecule has 8 nitrogen and oxygen atoms in total. The molecule has 0 radical (unpaired) electrons. The fourth-order valence-electron chi connectivity index (χ4n) is 4.35. The van der Waals surface area contributed by atoms with Crippen molar-refractivity contribution in [2.45, 2.75) is 20.0 Å². The highest BCUT2D eigenvalue weighted by atomic mass is 16.6. The molecule has 5 rings (SSSR count). The van der Waals surface area contributed by atoms with E-state index in [4.69, 9.17) is 0 Å².